The molecule has 24 heavy (non-hydrogen) atoms. The summed E-state index contributed by atoms with van der Waals surface area (Å²) in [6.07, 6.45) is 3.92. The molecule has 1 aliphatic rings. The van der Waals surface area contributed by atoms with Crippen molar-refractivity contribution in [2.45, 2.75) is 50.0 Å². The second-order valence-electron chi connectivity index (χ2n) is 6.14. The topological polar surface area (TPSA) is 87.3 Å². The maximum absolute atomic E-state index is 12.1. The van der Waals surface area contributed by atoms with Crippen LogP contribution in [0.3, 0.4) is 0 Å². The first kappa shape index (κ1) is 18.9. The number of aryl methyl sites for hydroxylation is 1. The smallest absolute Gasteiger partial charge is 0.240 e. The molecule has 1 aromatic rings. The molecular weight excluding hydrogens is 326 g/mol. The lowest BCUT2D eigenvalue weighted by molar-refractivity contribution is -0.121. The van der Waals surface area contributed by atoms with Crippen molar-refractivity contribution < 1.29 is 13.2 Å². The molecule has 1 saturated carbocycles. The van der Waals surface area contributed by atoms with E-state index in [4.69, 9.17) is 0 Å². The minimum absolute atomic E-state index is 0.0143. The van der Waals surface area contributed by atoms with Crippen LogP contribution in [0.25, 0.3) is 0 Å². The van der Waals surface area contributed by atoms with E-state index in [0.29, 0.717) is 19.4 Å². The highest BCUT2D eigenvalue weighted by molar-refractivity contribution is 7.89. The molecule has 1 aliphatic carbocycles. The van der Waals surface area contributed by atoms with Gasteiger partial charge in [-0.05, 0) is 49.9 Å². The highest BCUT2D eigenvalue weighted by Crippen LogP contribution is 2.22. The number of hydrogen-bond acceptors (Lipinski definition) is 4. The molecule has 2 rings (SSSR count). The van der Waals surface area contributed by atoms with Gasteiger partial charge in [-0.2, -0.15) is 0 Å². The number of amides is 1. The Labute approximate surface area is 144 Å². The summed E-state index contributed by atoms with van der Waals surface area (Å²) >= 11 is 0. The zero-order chi connectivity index (χ0) is 17.4. The quantitative estimate of drug-likeness (QED) is 0.521. The van der Waals surface area contributed by atoms with Gasteiger partial charge in [0, 0.05) is 25.6 Å². The van der Waals surface area contributed by atoms with Gasteiger partial charge in [-0.1, -0.05) is 19.1 Å². The number of rotatable bonds is 11. The van der Waals surface area contributed by atoms with Crippen LogP contribution in [0.4, 0.5) is 0 Å². The van der Waals surface area contributed by atoms with Crippen molar-refractivity contribution in [3.05, 3.63) is 29.8 Å². The third-order valence-corrected chi connectivity index (χ3v) is 5.36. The molecule has 0 saturated heterocycles. The Morgan fingerprint density at radius 2 is 1.83 bits per heavy atom. The summed E-state index contributed by atoms with van der Waals surface area (Å²) in [6.45, 7) is 4.47. The fourth-order valence-corrected chi connectivity index (χ4v) is 3.57. The molecule has 0 bridgehead atoms. The van der Waals surface area contributed by atoms with Crippen LogP contribution in [0.2, 0.25) is 0 Å². The monoisotopic (exact) mass is 353 g/mol. The number of sulfonamides is 1. The molecule has 0 aromatic heterocycles. The fraction of sp³-hybridized carbons (Fsp3) is 0.588. The largest absolute Gasteiger partial charge is 0.355 e. The number of carbonyl (C=O) groups excluding carboxylic acids is 1. The van der Waals surface area contributed by atoms with Gasteiger partial charge in [0.05, 0.1) is 4.90 Å². The highest BCUT2D eigenvalue weighted by Gasteiger charge is 2.27. The standard InChI is InChI=1S/C17H27N3O3S/c1-2-11-18-12-13-19-17(21)10-5-14-3-8-16(9-4-14)24(22,23)20-15-6-7-15/h3-4,8-9,15,18,20H,2,5-7,10-13H2,1H3,(H,19,21). The van der Waals surface area contributed by atoms with Gasteiger partial charge in [0.25, 0.3) is 0 Å². The summed E-state index contributed by atoms with van der Waals surface area (Å²) in [5.41, 5.74) is 0.958. The molecular formula is C17H27N3O3S. The molecule has 1 amide bonds. The third-order valence-electron chi connectivity index (χ3n) is 3.82. The molecule has 0 heterocycles. The molecule has 0 unspecified atom stereocenters. The Balaban J connectivity index is 1.72. The average molecular weight is 353 g/mol. The lowest BCUT2D eigenvalue weighted by Gasteiger charge is -2.08. The minimum atomic E-state index is -3.40. The Hall–Kier alpha value is -1.44. The van der Waals surface area contributed by atoms with Gasteiger partial charge in [-0.3, -0.25) is 4.79 Å². The van der Waals surface area contributed by atoms with E-state index in [1.54, 1.807) is 24.3 Å². The molecule has 6 nitrogen and oxygen atoms in total. The normalized spacial score (nSPS) is 14.5. The van der Waals surface area contributed by atoms with E-state index >= 15 is 0 Å². The van der Waals surface area contributed by atoms with E-state index in [9.17, 15) is 13.2 Å². The van der Waals surface area contributed by atoms with E-state index in [2.05, 4.69) is 22.3 Å². The molecule has 1 fully saturated rings. The second-order valence-corrected chi connectivity index (χ2v) is 7.85. The van der Waals surface area contributed by atoms with Crippen molar-refractivity contribution in [2.24, 2.45) is 0 Å². The van der Waals surface area contributed by atoms with Crippen LogP contribution < -0.4 is 15.4 Å². The van der Waals surface area contributed by atoms with Gasteiger partial charge in [-0.25, -0.2) is 13.1 Å². The van der Waals surface area contributed by atoms with Crippen LogP contribution in [0.5, 0.6) is 0 Å². The zero-order valence-electron chi connectivity index (χ0n) is 14.2. The van der Waals surface area contributed by atoms with Crippen molar-refractivity contribution in [2.75, 3.05) is 19.6 Å². The highest BCUT2D eigenvalue weighted by atomic mass is 32.2. The summed E-state index contributed by atoms with van der Waals surface area (Å²) in [5, 5.41) is 6.09. The maximum Gasteiger partial charge on any atom is 0.240 e. The van der Waals surface area contributed by atoms with Crippen molar-refractivity contribution in [3.8, 4) is 0 Å². The summed E-state index contributed by atoms with van der Waals surface area (Å²) in [4.78, 5) is 12.0. The molecule has 1 aromatic carbocycles. The van der Waals surface area contributed by atoms with Crippen LogP contribution in [0, 0.1) is 0 Å². The zero-order valence-corrected chi connectivity index (χ0v) is 15.0. The van der Waals surface area contributed by atoms with Gasteiger partial charge in [0.2, 0.25) is 15.9 Å². The number of hydrogen-bond donors (Lipinski definition) is 3. The molecule has 3 N–H and O–H groups in total. The van der Waals surface area contributed by atoms with Crippen molar-refractivity contribution in [1.82, 2.24) is 15.4 Å². The first-order valence-electron chi connectivity index (χ1n) is 8.60. The number of benzene rings is 1. The predicted molar refractivity (Wildman–Crippen MR) is 94.3 cm³/mol. The van der Waals surface area contributed by atoms with Gasteiger partial charge in [0.15, 0.2) is 0 Å². The van der Waals surface area contributed by atoms with Gasteiger partial charge in [-0.15, -0.1) is 0 Å². The Bertz CT molecular complexity index is 625. The van der Waals surface area contributed by atoms with E-state index < -0.39 is 10.0 Å². The number of carbonyl (C=O) groups is 1. The summed E-state index contributed by atoms with van der Waals surface area (Å²) in [5.74, 6) is 0.0143. The summed E-state index contributed by atoms with van der Waals surface area (Å²) < 4.78 is 26.8. The molecule has 0 aliphatic heterocycles. The lowest BCUT2D eigenvalue weighted by atomic mass is 10.1. The SMILES string of the molecule is CCCNCCNC(=O)CCc1ccc(S(=O)(=O)NC2CC2)cc1. The molecule has 134 valence electrons. The van der Waals surface area contributed by atoms with E-state index in [-0.39, 0.29) is 16.8 Å². The maximum atomic E-state index is 12.1. The number of nitrogens with one attached hydrogen (secondary N) is 3. The fourth-order valence-electron chi connectivity index (χ4n) is 2.26. The molecule has 0 spiro atoms. The van der Waals surface area contributed by atoms with Crippen LogP contribution in [-0.2, 0) is 21.2 Å². The molecule has 0 radical (unpaired) electrons. The molecule has 7 heteroatoms. The van der Waals surface area contributed by atoms with Crippen molar-refractivity contribution in [3.63, 3.8) is 0 Å². The van der Waals surface area contributed by atoms with Crippen LogP contribution in [0.1, 0.15) is 38.2 Å². The Morgan fingerprint density at radius 3 is 2.46 bits per heavy atom. The predicted octanol–water partition coefficient (Wildman–Crippen LogP) is 1.18. The summed E-state index contributed by atoms with van der Waals surface area (Å²) in [6, 6.07) is 6.86. The van der Waals surface area contributed by atoms with Gasteiger partial charge >= 0.3 is 0 Å². The average Bonchev–Trinajstić information content (AvgIpc) is 3.36. The van der Waals surface area contributed by atoms with Gasteiger partial charge < -0.3 is 10.6 Å². The second kappa shape index (κ2) is 9.15. The van der Waals surface area contributed by atoms with E-state index in [1.165, 1.54) is 0 Å². The van der Waals surface area contributed by atoms with Crippen molar-refractivity contribution >= 4 is 15.9 Å². The third kappa shape index (κ3) is 6.59. The van der Waals surface area contributed by atoms with Crippen molar-refractivity contribution in [1.29, 1.82) is 0 Å². The first-order chi connectivity index (χ1) is 11.5. The van der Waals surface area contributed by atoms with E-state index in [0.717, 1.165) is 37.9 Å². The van der Waals surface area contributed by atoms with Gasteiger partial charge in [0.1, 0.15) is 0 Å². The van der Waals surface area contributed by atoms with Crippen LogP contribution in [0.15, 0.2) is 29.2 Å². The van der Waals surface area contributed by atoms with Crippen LogP contribution >= 0.6 is 0 Å². The Morgan fingerprint density at radius 1 is 1.12 bits per heavy atom. The summed E-state index contributed by atoms with van der Waals surface area (Å²) in [7, 11) is -3.40. The Kier molecular flexibility index (Phi) is 7.20. The lowest BCUT2D eigenvalue weighted by Crippen LogP contribution is -2.32. The first-order valence-corrected chi connectivity index (χ1v) is 10.1. The van der Waals surface area contributed by atoms with Crippen LogP contribution in [-0.4, -0.2) is 40.0 Å². The van der Waals surface area contributed by atoms with E-state index in [1.807, 2.05) is 0 Å². The minimum Gasteiger partial charge on any atom is -0.355 e. The molecule has 0 atom stereocenters.